The number of thioether (sulfide) groups is 1. The molecule has 26 heavy (non-hydrogen) atoms. The number of alkyl halides is 3. The third kappa shape index (κ3) is 3.04. The van der Waals surface area contributed by atoms with E-state index in [9.17, 15) is 13.2 Å². The number of benzene rings is 2. The Bertz CT molecular complexity index is 848. The maximum absolute atomic E-state index is 13.8. The summed E-state index contributed by atoms with van der Waals surface area (Å²) in [7, 11) is 0. The van der Waals surface area contributed by atoms with Gasteiger partial charge < -0.3 is 5.32 Å². The fourth-order valence-corrected chi connectivity index (χ4v) is 4.61. The Morgan fingerprint density at radius 3 is 2.69 bits per heavy atom. The summed E-state index contributed by atoms with van der Waals surface area (Å²) in [5.41, 5.74) is 3.34. The van der Waals surface area contributed by atoms with Crippen LogP contribution in [0.1, 0.15) is 28.3 Å². The number of piperazine rings is 1. The van der Waals surface area contributed by atoms with E-state index in [0.717, 1.165) is 34.7 Å². The summed E-state index contributed by atoms with van der Waals surface area (Å²) in [6.45, 7) is 4.67. The monoisotopic (exact) mass is 378 g/mol. The molecule has 0 saturated carbocycles. The fraction of sp³-hybridized carbons (Fsp3) is 0.400. The lowest BCUT2D eigenvalue weighted by Gasteiger charge is -2.30. The molecule has 2 nitrogen and oxygen atoms in total. The van der Waals surface area contributed by atoms with Crippen molar-refractivity contribution in [2.24, 2.45) is 0 Å². The molecule has 2 aromatic rings. The van der Waals surface area contributed by atoms with Crippen molar-refractivity contribution in [2.45, 2.75) is 30.6 Å². The van der Waals surface area contributed by atoms with Crippen molar-refractivity contribution in [1.82, 2.24) is 10.2 Å². The van der Waals surface area contributed by atoms with Crippen LogP contribution in [0.4, 0.5) is 13.2 Å². The highest BCUT2D eigenvalue weighted by Gasteiger charge is 2.41. The minimum absolute atomic E-state index is 0.0329. The molecule has 0 aromatic heterocycles. The molecular formula is C20H21F3N2S. The zero-order chi connectivity index (χ0) is 18.5. The lowest BCUT2D eigenvalue weighted by Crippen LogP contribution is -2.42. The highest BCUT2D eigenvalue weighted by atomic mass is 32.2. The number of fused-ring (bicyclic) bond motifs is 3. The first-order chi connectivity index (χ1) is 12.4. The van der Waals surface area contributed by atoms with Crippen LogP contribution in [0, 0.1) is 6.92 Å². The van der Waals surface area contributed by atoms with Gasteiger partial charge in [-0.2, -0.15) is 13.2 Å². The minimum Gasteiger partial charge on any atom is -0.314 e. The van der Waals surface area contributed by atoms with Gasteiger partial charge in [0.1, 0.15) is 0 Å². The van der Waals surface area contributed by atoms with Crippen LogP contribution in [0.5, 0.6) is 0 Å². The molecule has 1 atom stereocenters. The summed E-state index contributed by atoms with van der Waals surface area (Å²) < 4.78 is 41.4. The second-order valence-electron chi connectivity index (χ2n) is 6.96. The van der Waals surface area contributed by atoms with E-state index in [1.165, 1.54) is 6.07 Å². The van der Waals surface area contributed by atoms with E-state index >= 15 is 0 Å². The highest BCUT2D eigenvalue weighted by Crippen LogP contribution is 2.44. The molecule has 0 bridgehead atoms. The highest BCUT2D eigenvalue weighted by molar-refractivity contribution is 7.98. The lowest BCUT2D eigenvalue weighted by atomic mass is 9.91. The smallest absolute Gasteiger partial charge is 0.314 e. The van der Waals surface area contributed by atoms with Crippen molar-refractivity contribution in [2.75, 3.05) is 25.9 Å². The number of nitrogens with one attached hydrogen (secondary N) is 1. The summed E-state index contributed by atoms with van der Waals surface area (Å²) in [5.74, 6) is 0. The van der Waals surface area contributed by atoms with Gasteiger partial charge in [0.15, 0.2) is 0 Å². The molecule has 0 spiro atoms. The summed E-state index contributed by atoms with van der Waals surface area (Å²) >= 11 is 1.63. The van der Waals surface area contributed by atoms with E-state index in [2.05, 4.69) is 10.2 Å². The molecular weight excluding hydrogens is 357 g/mol. The molecule has 4 rings (SSSR count). The quantitative estimate of drug-likeness (QED) is 0.751. The Balaban J connectivity index is 1.88. The number of aryl methyl sites for hydroxylation is 1. The largest absolute Gasteiger partial charge is 0.416 e. The Hall–Kier alpha value is -1.50. The van der Waals surface area contributed by atoms with Crippen molar-refractivity contribution in [1.29, 1.82) is 0 Å². The summed E-state index contributed by atoms with van der Waals surface area (Å²) in [5, 5.41) is 3.32. The number of hydrogen-bond acceptors (Lipinski definition) is 3. The third-order valence-electron chi connectivity index (χ3n) is 5.41. The van der Waals surface area contributed by atoms with Gasteiger partial charge in [-0.25, -0.2) is 0 Å². The van der Waals surface area contributed by atoms with Crippen LogP contribution in [0.25, 0.3) is 11.1 Å². The Kier molecular flexibility index (Phi) is 4.53. The van der Waals surface area contributed by atoms with E-state index in [1.807, 2.05) is 37.4 Å². The Labute approximate surface area is 155 Å². The molecule has 138 valence electrons. The first-order valence-corrected chi connectivity index (χ1v) is 9.95. The number of rotatable bonds is 2. The van der Waals surface area contributed by atoms with Crippen LogP contribution in [-0.2, 0) is 12.7 Å². The number of hydrogen-bond donors (Lipinski definition) is 1. The van der Waals surface area contributed by atoms with Crippen LogP contribution in [-0.4, -0.2) is 30.8 Å². The van der Waals surface area contributed by atoms with Crippen molar-refractivity contribution in [3.05, 3.63) is 52.6 Å². The average Bonchev–Trinajstić information content (AvgIpc) is 2.98. The van der Waals surface area contributed by atoms with Crippen molar-refractivity contribution < 1.29 is 13.2 Å². The third-order valence-corrected chi connectivity index (χ3v) is 6.13. The van der Waals surface area contributed by atoms with E-state index in [-0.39, 0.29) is 6.04 Å². The van der Waals surface area contributed by atoms with Crippen LogP contribution in [0.3, 0.4) is 0 Å². The predicted octanol–water partition coefficient (Wildman–Crippen LogP) is 4.86. The Morgan fingerprint density at radius 2 is 2.00 bits per heavy atom. The van der Waals surface area contributed by atoms with Crippen LogP contribution in [0.2, 0.25) is 0 Å². The molecule has 6 heteroatoms. The van der Waals surface area contributed by atoms with Gasteiger partial charge in [-0.05, 0) is 65.3 Å². The number of halogens is 3. The Morgan fingerprint density at radius 1 is 1.19 bits per heavy atom. The molecule has 1 saturated heterocycles. The van der Waals surface area contributed by atoms with Crippen LogP contribution < -0.4 is 5.32 Å². The van der Waals surface area contributed by atoms with Gasteiger partial charge in [0, 0.05) is 37.1 Å². The summed E-state index contributed by atoms with van der Waals surface area (Å²) in [4.78, 5) is 3.27. The zero-order valence-electron chi connectivity index (χ0n) is 14.8. The van der Waals surface area contributed by atoms with Gasteiger partial charge in [0.2, 0.25) is 0 Å². The first kappa shape index (κ1) is 17.9. The van der Waals surface area contributed by atoms with E-state index < -0.39 is 11.7 Å². The van der Waals surface area contributed by atoms with Gasteiger partial charge in [0.05, 0.1) is 5.56 Å². The molecule has 0 aliphatic carbocycles. The van der Waals surface area contributed by atoms with Gasteiger partial charge >= 0.3 is 6.18 Å². The van der Waals surface area contributed by atoms with Crippen LogP contribution in [0.15, 0.2) is 35.2 Å². The molecule has 2 heterocycles. The van der Waals surface area contributed by atoms with Crippen molar-refractivity contribution in [3.8, 4) is 11.1 Å². The summed E-state index contributed by atoms with van der Waals surface area (Å²) in [6.07, 6.45) is -2.34. The van der Waals surface area contributed by atoms with E-state index in [4.69, 9.17) is 0 Å². The second-order valence-corrected chi connectivity index (χ2v) is 7.84. The van der Waals surface area contributed by atoms with E-state index in [1.54, 1.807) is 11.8 Å². The maximum atomic E-state index is 13.8. The zero-order valence-corrected chi connectivity index (χ0v) is 15.6. The average molecular weight is 378 g/mol. The van der Waals surface area contributed by atoms with Gasteiger partial charge in [-0.1, -0.05) is 6.07 Å². The molecule has 2 aliphatic rings. The fourth-order valence-electron chi connectivity index (χ4n) is 4.11. The van der Waals surface area contributed by atoms with Crippen molar-refractivity contribution >= 4 is 11.8 Å². The predicted molar refractivity (Wildman–Crippen MR) is 99.4 cm³/mol. The topological polar surface area (TPSA) is 15.3 Å². The number of nitrogens with zero attached hydrogens (tertiary/aromatic N) is 1. The molecule has 1 N–H and O–H groups in total. The SMILES string of the molecule is CSc1ccc(-c2cc3c(c(C(F)(F)F)c2)CN2CCNC[C@@H]32)c(C)c1. The minimum atomic E-state index is -4.34. The van der Waals surface area contributed by atoms with E-state index in [0.29, 0.717) is 24.2 Å². The van der Waals surface area contributed by atoms with Crippen molar-refractivity contribution in [3.63, 3.8) is 0 Å². The maximum Gasteiger partial charge on any atom is 0.416 e. The van der Waals surface area contributed by atoms with Gasteiger partial charge in [-0.15, -0.1) is 11.8 Å². The van der Waals surface area contributed by atoms with Crippen LogP contribution >= 0.6 is 11.8 Å². The second kappa shape index (κ2) is 6.59. The molecule has 2 aliphatic heterocycles. The standard InChI is InChI=1S/C20H21F3N2S/c1-12-7-14(26-2)3-4-15(12)13-8-16-17(18(9-13)20(21,22)23)11-25-6-5-24-10-19(16)25/h3-4,7-9,19,24H,5-6,10-11H2,1-2H3/t19-/m0/s1. The van der Waals surface area contributed by atoms with Gasteiger partial charge in [-0.3, -0.25) is 4.90 Å². The molecule has 0 amide bonds. The molecule has 1 fully saturated rings. The first-order valence-electron chi connectivity index (χ1n) is 8.72. The molecule has 0 unspecified atom stereocenters. The summed E-state index contributed by atoms with van der Waals surface area (Å²) in [6, 6.07) is 9.30. The normalized spacial score (nSPS) is 20.1. The lowest BCUT2D eigenvalue weighted by molar-refractivity contribution is -0.138. The molecule has 0 radical (unpaired) electrons. The van der Waals surface area contributed by atoms with Gasteiger partial charge in [0.25, 0.3) is 0 Å². The molecule has 2 aromatic carbocycles.